The number of carbonyl (C=O) groups excluding carboxylic acids is 1. The van der Waals surface area contributed by atoms with Gasteiger partial charge in [-0.25, -0.2) is 0 Å². The Morgan fingerprint density at radius 3 is 2.53 bits per heavy atom. The summed E-state index contributed by atoms with van der Waals surface area (Å²) in [6, 6.07) is 15.3. The number of Topliss-reactive ketones (excluding diaryl/α,β-unsaturated/α-hetero) is 1. The van der Waals surface area contributed by atoms with E-state index >= 15 is 0 Å². The maximum atomic E-state index is 12.3. The van der Waals surface area contributed by atoms with Crippen LogP contribution in [-0.2, 0) is 6.42 Å². The van der Waals surface area contributed by atoms with Crippen molar-refractivity contribution < 1.29 is 4.79 Å². The molecule has 0 fully saturated rings. The summed E-state index contributed by atoms with van der Waals surface area (Å²) in [5.74, 6) is 0.125. The minimum Gasteiger partial charge on any atom is -0.293 e. The number of fused-ring (bicyclic) bond motifs is 1. The third-order valence-electron chi connectivity index (χ3n) is 3.31. The molecule has 0 saturated carbocycles. The average molecular weight is 243 g/mol. The molecule has 0 radical (unpaired) electrons. The third-order valence-corrected chi connectivity index (χ3v) is 3.64. The van der Waals surface area contributed by atoms with Crippen LogP contribution >= 0.6 is 11.6 Å². The van der Waals surface area contributed by atoms with Crippen molar-refractivity contribution in [1.29, 1.82) is 0 Å². The van der Waals surface area contributed by atoms with Gasteiger partial charge in [-0.05, 0) is 29.7 Å². The Morgan fingerprint density at radius 1 is 1.06 bits per heavy atom. The van der Waals surface area contributed by atoms with E-state index in [4.69, 9.17) is 11.6 Å². The van der Waals surface area contributed by atoms with Gasteiger partial charge in [0.2, 0.25) is 0 Å². The molecule has 1 aliphatic carbocycles. The van der Waals surface area contributed by atoms with Crippen LogP contribution in [0.25, 0.3) is 0 Å². The van der Waals surface area contributed by atoms with Gasteiger partial charge in [-0.15, -0.1) is 0 Å². The molecule has 0 aliphatic heterocycles. The number of rotatable bonds is 2. The fourth-order valence-corrected chi connectivity index (χ4v) is 2.57. The minimum atomic E-state index is -0.00824. The van der Waals surface area contributed by atoms with E-state index in [1.54, 1.807) is 12.1 Å². The SMILES string of the molecule is O=C(c1ccccc1Cl)C1Cc2ccccc21. The molecule has 1 unspecified atom stereocenters. The van der Waals surface area contributed by atoms with Crippen LogP contribution in [0.3, 0.4) is 0 Å². The van der Waals surface area contributed by atoms with Crippen LogP contribution in [-0.4, -0.2) is 5.78 Å². The number of hydrogen-bond acceptors (Lipinski definition) is 1. The predicted molar refractivity (Wildman–Crippen MR) is 68.7 cm³/mol. The van der Waals surface area contributed by atoms with Crippen LogP contribution in [0, 0.1) is 0 Å². The molecule has 0 N–H and O–H groups in total. The van der Waals surface area contributed by atoms with E-state index < -0.39 is 0 Å². The zero-order valence-corrected chi connectivity index (χ0v) is 9.95. The van der Waals surface area contributed by atoms with Crippen LogP contribution < -0.4 is 0 Å². The third kappa shape index (κ3) is 1.67. The Hall–Kier alpha value is -1.60. The van der Waals surface area contributed by atoms with Crippen LogP contribution in [0.5, 0.6) is 0 Å². The van der Waals surface area contributed by atoms with Crippen molar-refractivity contribution in [3.63, 3.8) is 0 Å². The fraction of sp³-hybridized carbons (Fsp3) is 0.133. The lowest BCUT2D eigenvalue weighted by Crippen LogP contribution is -2.25. The second-order valence-corrected chi connectivity index (χ2v) is 4.71. The monoisotopic (exact) mass is 242 g/mol. The first kappa shape index (κ1) is 10.5. The molecule has 0 amide bonds. The van der Waals surface area contributed by atoms with Crippen molar-refractivity contribution in [2.24, 2.45) is 0 Å². The summed E-state index contributed by atoms with van der Waals surface area (Å²) in [4.78, 5) is 12.3. The normalized spacial score (nSPS) is 17.1. The molecule has 0 heterocycles. The molecule has 0 aromatic heterocycles. The van der Waals surface area contributed by atoms with Gasteiger partial charge >= 0.3 is 0 Å². The topological polar surface area (TPSA) is 17.1 Å². The standard InChI is InChI=1S/C15H11ClO/c16-14-8-4-3-7-12(14)15(17)13-9-10-5-1-2-6-11(10)13/h1-8,13H,9H2. The summed E-state index contributed by atoms with van der Waals surface area (Å²) in [7, 11) is 0. The van der Waals surface area contributed by atoms with Crippen molar-refractivity contribution in [2.45, 2.75) is 12.3 Å². The number of carbonyl (C=O) groups is 1. The van der Waals surface area contributed by atoms with Gasteiger partial charge in [0.05, 0.1) is 10.9 Å². The molecule has 3 rings (SSSR count). The van der Waals surface area contributed by atoms with E-state index in [1.807, 2.05) is 30.3 Å². The second kappa shape index (κ2) is 4.01. The molecular weight excluding hydrogens is 232 g/mol. The number of halogens is 1. The number of benzene rings is 2. The van der Waals surface area contributed by atoms with Gasteiger partial charge in [0.15, 0.2) is 5.78 Å². The predicted octanol–water partition coefficient (Wildman–Crippen LogP) is 3.86. The average Bonchev–Trinajstić information content (AvgIpc) is 2.31. The Kier molecular flexibility index (Phi) is 2.49. The van der Waals surface area contributed by atoms with Crippen LogP contribution in [0.15, 0.2) is 48.5 Å². The van der Waals surface area contributed by atoms with Crippen molar-refractivity contribution in [1.82, 2.24) is 0 Å². The highest BCUT2D eigenvalue weighted by Crippen LogP contribution is 2.38. The molecule has 1 aliphatic rings. The molecule has 84 valence electrons. The molecule has 1 atom stereocenters. The first-order chi connectivity index (χ1) is 8.27. The molecule has 0 bridgehead atoms. The summed E-state index contributed by atoms with van der Waals surface area (Å²) in [6.07, 6.45) is 0.834. The Labute approximate surface area is 105 Å². The molecule has 0 spiro atoms. The van der Waals surface area contributed by atoms with Gasteiger partial charge < -0.3 is 0 Å². The van der Waals surface area contributed by atoms with Crippen molar-refractivity contribution in [3.05, 3.63) is 70.2 Å². The van der Waals surface area contributed by atoms with Gasteiger partial charge in [0, 0.05) is 5.56 Å². The Balaban J connectivity index is 1.94. The number of hydrogen-bond donors (Lipinski definition) is 0. The summed E-state index contributed by atoms with van der Waals surface area (Å²) < 4.78 is 0. The minimum absolute atomic E-state index is 0.00824. The van der Waals surface area contributed by atoms with Crippen LogP contribution in [0.2, 0.25) is 5.02 Å². The van der Waals surface area contributed by atoms with Crippen LogP contribution in [0.4, 0.5) is 0 Å². The maximum Gasteiger partial charge on any atom is 0.172 e. The highest BCUT2D eigenvalue weighted by Gasteiger charge is 2.32. The molecule has 2 aromatic carbocycles. The van der Waals surface area contributed by atoms with E-state index in [2.05, 4.69) is 6.07 Å². The van der Waals surface area contributed by atoms with Gasteiger partial charge in [-0.2, -0.15) is 0 Å². The van der Waals surface area contributed by atoms with E-state index in [9.17, 15) is 4.79 Å². The van der Waals surface area contributed by atoms with Gasteiger partial charge in [0.25, 0.3) is 0 Å². The zero-order valence-electron chi connectivity index (χ0n) is 9.19. The maximum absolute atomic E-state index is 12.3. The lowest BCUT2D eigenvalue weighted by Gasteiger charge is -2.29. The summed E-state index contributed by atoms with van der Waals surface area (Å²) >= 11 is 6.05. The Bertz CT molecular complexity index is 589. The van der Waals surface area contributed by atoms with E-state index in [0.717, 1.165) is 12.0 Å². The lowest BCUT2D eigenvalue weighted by molar-refractivity contribution is 0.0949. The molecule has 17 heavy (non-hydrogen) atoms. The van der Waals surface area contributed by atoms with Gasteiger partial charge in [-0.1, -0.05) is 48.0 Å². The number of ketones is 1. The fourth-order valence-electron chi connectivity index (χ4n) is 2.34. The molecule has 2 heteroatoms. The summed E-state index contributed by atoms with van der Waals surface area (Å²) in [5, 5.41) is 0.543. The molecule has 0 saturated heterocycles. The largest absolute Gasteiger partial charge is 0.293 e. The highest BCUT2D eigenvalue weighted by molar-refractivity contribution is 6.34. The molecule has 1 nitrogen and oxygen atoms in total. The van der Waals surface area contributed by atoms with Crippen molar-refractivity contribution in [3.8, 4) is 0 Å². The molecular formula is C15H11ClO. The first-order valence-corrected chi connectivity index (χ1v) is 6.01. The van der Waals surface area contributed by atoms with E-state index in [0.29, 0.717) is 10.6 Å². The zero-order chi connectivity index (χ0) is 11.8. The van der Waals surface area contributed by atoms with E-state index in [1.165, 1.54) is 5.56 Å². The van der Waals surface area contributed by atoms with Gasteiger partial charge in [0.1, 0.15) is 0 Å². The van der Waals surface area contributed by atoms with E-state index in [-0.39, 0.29) is 11.7 Å². The second-order valence-electron chi connectivity index (χ2n) is 4.30. The van der Waals surface area contributed by atoms with Crippen LogP contribution in [0.1, 0.15) is 27.4 Å². The lowest BCUT2D eigenvalue weighted by atomic mass is 9.74. The highest BCUT2D eigenvalue weighted by atomic mass is 35.5. The quantitative estimate of drug-likeness (QED) is 0.731. The first-order valence-electron chi connectivity index (χ1n) is 5.64. The summed E-state index contributed by atoms with van der Waals surface area (Å²) in [6.45, 7) is 0. The van der Waals surface area contributed by atoms with Crippen molar-refractivity contribution >= 4 is 17.4 Å². The smallest absolute Gasteiger partial charge is 0.172 e. The van der Waals surface area contributed by atoms with Gasteiger partial charge in [-0.3, -0.25) is 4.79 Å². The summed E-state index contributed by atoms with van der Waals surface area (Å²) in [5.41, 5.74) is 3.06. The molecule has 2 aromatic rings. The van der Waals surface area contributed by atoms with Crippen molar-refractivity contribution in [2.75, 3.05) is 0 Å². The Morgan fingerprint density at radius 2 is 1.76 bits per heavy atom.